The van der Waals surface area contributed by atoms with Crippen molar-refractivity contribution in [2.45, 2.75) is 0 Å². The number of amides is 1. The van der Waals surface area contributed by atoms with E-state index in [4.69, 9.17) is 5.14 Å². The van der Waals surface area contributed by atoms with E-state index in [-0.39, 0.29) is 19.0 Å². The predicted octanol–water partition coefficient (Wildman–Crippen LogP) is -0.476. The van der Waals surface area contributed by atoms with E-state index in [2.05, 4.69) is 10.2 Å². The smallest absolute Gasteiger partial charge is 0.277 e. The van der Waals surface area contributed by atoms with Crippen LogP contribution in [0.3, 0.4) is 0 Å². The average Bonchev–Trinajstić information content (AvgIpc) is 2.90. The number of piperazine rings is 1. The summed E-state index contributed by atoms with van der Waals surface area (Å²) in [4.78, 5) is 14.1. The van der Waals surface area contributed by atoms with E-state index < -0.39 is 10.2 Å². The van der Waals surface area contributed by atoms with E-state index in [9.17, 15) is 13.2 Å². The molecule has 2 aromatic rings. The number of aromatic nitrogens is 2. The van der Waals surface area contributed by atoms with Crippen molar-refractivity contribution in [3.8, 4) is 0 Å². The standard InChI is InChI=1S/C12H15N5O3S/c13-21(19,20)17-7-5-16(6-8-17)12(18)11-9-3-1-2-4-10(9)14-15-11/h1-4H,5-8H2,(H,14,15)(H2,13,19,20). The molecule has 0 radical (unpaired) electrons. The third-order valence-corrected chi connectivity index (χ3v) is 4.64. The molecule has 9 heteroatoms. The number of nitrogens with zero attached hydrogens (tertiary/aromatic N) is 3. The van der Waals surface area contributed by atoms with Gasteiger partial charge in [0.15, 0.2) is 5.69 Å². The lowest BCUT2D eigenvalue weighted by Gasteiger charge is -2.32. The zero-order chi connectivity index (χ0) is 15.0. The number of hydrogen-bond donors (Lipinski definition) is 2. The molecule has 1 saturated heterocycles. The Morgan fingerprint density at radius 1 is 1.19 bits per heavy atom. The van der Waals surface area contributed by atoms with Crippen LogP contribution in [-0.4, -0.2) is 59.9 Å². The van der Waals surface area contributed by atoms with Gasteiger partial charge in [-0.2, -0.15) is 17.8 Å². The minimum atomic E-state index is -3.69. The second kappa shape index (κ2) is 5.10. The van der Waals surface area contributed by atoms with Crippen molar-refractivity contribution in [2.75, 3.05) is 26.2 Å². The molecule has 0 unspecified atom stereocenters. The Labute approximate surface area is 121 Å². The van der Waals surface area contributed by atoms with Crippen LogP contribution in [0.15, 0.2) is 24.3 Å². The number of carbonyl (C=O) groups excluding carboxylic acids is 1. The number of aromatic amines is 1. The first-order valence-electron chi connectivity index (χ1n) is 6.47. The number of fused-ring (bicyclic) bond motifs is 1. The quantitative estimate of drug-likeness (QED) is 0.780. The van der Waals surface area contributed by atoms with Gasteiger partial charge in [0.1, 0.15) is 0 Å². The summed E-state index contributed by atoms with van der Waals surface area (Å²) in [5.41, 5.74) is 1.15. The van der Waals surface area contributed by atoms with Gasteiger partial charge in [0.25, 0.3) is 16.1 Å². The Bertz CT molecular complexity index is 777. The van der Waals surface area contributed by atoms with Crippen LogP contribution < -0.4 is 5.14 Å². The third kappa shape index (κ3) is 2.62. The van der Waals surface area contributed by atoms with Crippen LogP contribution in [0.1, 0.15) is 10.5 Å². The molecule has 2 heterocycles. The zero-order valence-electron chi connectivity index (χ0n) is 11.2. The van der Waals surface area contributed by atoms with Crippen molar-refractivity contribution >= 4 is 27.0 Å². The summed E-state index contributed by atoms with van der Waals surface area (Å²) in [6.45, 7) is 1.01. The van der Waals surface area contributed by atoms with Gasteiger partial charge in [0.05, 0.1) is 5.52 Å². The van der Waals surface area contributed by atoms with Gasteiger partial charge in [-0.3, -0.25) is 9.89 Å². The number of nitrogens with one attached hydrogen (secondary N) is 1. The SMILES string of the molecule is NS(=O)(=O)N1CCN(C(=O)c2n[nH]c3ccccc23)CC1. The molecule has 0 bridgehead atoms. The summed E-state index contributed by atoms with van der Waals surface area (Å²) < 4.78 is 23.7. The summed E-state index contributed by atoms with van der Waals surface area (Å²) in [6, 6.07) is 7.37. The zero-order valence-corrected chi connectivity index (χ0v) is 12.0. The van der Waals surface area contributed by atoms with Crippen LogP contribution >= 0.6 is 0 Å². The summed E-state index contributed by atoms with van der Waals surface area (Å²) >= 11 is 0. The van der Waals surface area contributed by atoms with Gasteiger partial charge in [-0.05, 0) is 6.07 Å². The second-order valence-electron chi connectivity index (χ2n) is 4.85. The van der Waals surface area contributed by atoms with E-state index in [0.717, 1.165) is 10.9 Å². The summed E-state index contributed by atoms with van der Waals surface area (Å²) in [7, 11) is -3.69. The lowest BCUT2D eigenvalue weighted by Crippen LogP contribution is -2.52. The number of carbonyl (C=O) groups is 1. The first kappa shape index (κ1) is 14.0. The molecule has 3 rings (SSSR count). The lowest BCUT2D eigenvalue weighted by atomic mass is 10.2. The Hall–Kier alpha value is -1.97. The van der Waals surface area contributed by atoms with Gasteiger partial charge in [0.2, 0.25) is 0 Å². The molecule has 0 atom stereocenters. The molecule has 1 aromatic heterocycles. The first-order valence-corrected chi connectivity index (χ1v) is 7.97. The summed E-state index contributed by atoms with van der Waals surface area (Å²) in [5, 5.41) is 12.7. The molecule has 1 fully saturated rings. The first-order chi connectivity index (χ1) is 9.97. The van der Waals surface area contributed by atoms with Gasteiger partial charge in [-0.25, -0.2) is 5.14 Å². The fraction of sp³-hybridized carbons (Fsp3) is 0.333. The molecule has 112 valence electrons. The highest BCUT2D eigenvalue weighted by atomic mass is 32.2. The number of rotatable bonds is 2. The Morgan fingerprint density at radius 3 is 2.52 bits per heavy atom. The Morgan fingerprint density at radius 2 is 1.86 bits per heavy atom. The molecule has 1 aliphatic heterocycles. The van der Waals surface area contributed by atoms with E-state index >= 15 is 0 Å². The van der Waals surface area contributed by atoms with Gasteiger partial charge in [-0.15, -0.1) is 0 Å². The molecule has 21 heavy (non-hydrogen) atoms. The van der Waals surface area contributed by atoms with E-state index in [1.165, 1.54) is 4.31 Å². The van der Waals surface area contributed by atoms with Crippen molar-refractivity contribution in [3.63, 3.8) is 0 Å². The van der Waals surface area contributed by atoms with Crippen molar-refractivity contribution in [3.05, 3.63) is 30.0 Å². The predicted molar refractivity (Wildman–Crippen MR) is 76.7 cm³/mol. The van der Waals surface area contributed by atoms with Crippen LogP contribution in [0.25, 0.3) is 10.9 Å². The highest BCUT2D eigenvalue weighted by Crippen LogP contribution is 2.17. The van der Waals surface area contributed by atoms with Gasteiger partial charge < -0.3 is 4.90 Å². The van der Waals surface area contributed by atoms with Crippen molar-refractivity contribution in [1.82, 2.24) is 19.4 Å². The van der Waals surface area contributed by atoms with Crippen molar-refractivity contribution in [1.29, 1.82) is 0 Å². The van der Waals surface area contributed by atoms with Crippen molar-refractivity contribution in [2.24, 2.45) is 5.14 Å². The number of benzene rings is 1. The Balaban J connectivity index is 1.78. The average molecular weight is 309 g/mol. The molecule has 3 N–H and O–H groups in total. The van der Waals surface area contributed by atoms with Gasteiger partial charge in [0, 0.05) is 31.6 Å². The number of para-hydroxylation sites is 1. The maximum absolute atomic E-state index is 12.5. The Kier molecular flexibility index (Phi) is 3.40. The normalized spacial score (nSPS) is 17.3. The highest BCUT2D eigenvalue weighted by Gasteiger charge is 2.28. The van der Waals surface area contributed by atoms with Crippen LogP contribution in [0, 0.1) is 0 Å². The summed E-state index contributed by atoms with van der Waals surface area (Å²) in [5.74, 6) is -0.207. The van der Waals surface area contributed by atoms with Crippen LogP contribution in [0.2, 0.25) is 0 Å². The molecule has 1 aliphatic rings. The largest absolute Gasteiger partial charge is 0.335 e. The van der Waals surface area contributed by atoms with E-state index in [1.807, 2.05) is 24.3 Å². The number of hydrogen-bond acceptors (Lipinski definition) is 4. The molecule has 8 nitrogen and oxygen atoms in total. The highest BCUT2D eigenvalue weighted by molar-refractivity contribution is 7.86. The summed E-state index contributed by atoms with van der Waals surface area (Å²) in [6.07, 6.45) is 0. The topological polar surface area (TPSA) is 112 Å². The number of nitrogens with two attached hydrogens (primary N) is 1. The molecule has 0 spiro atoms. The van der Waals surface area contributed by atoms with Crippen LogP contribution in [0.5, 0.6) is 0 Å². The molecule has 1 amide bonds. The van der Waals surface area contributed by atoms with Gasteiger partial charge in [-0.1, -0.05) is 18.2 Å². The van der Waals surface area contributed by atoms with E-state index in [0.29, 0.717) is 18.8 Å². The number of H-pyrrole nitrogens is 1. The maximum atomic E-state index is 12.5. The minimum Gasteiger partial charge on any atom is -0.335 e. The molecular weight excluding hydrogens is 294 g/mol. The van der Waals surface area contributed by atoms with Crippen LogP contribution in [0.4, 0.5) is 0 Å². The fourth-order valence-electron chi connectivity index (χ4n) is 2.42. The fourth-order valence-corrected chi connectivity index (χ4v) is 3.09. The minimum absolute atomic E-state index is 0.201. The van der Waals surface area contributed by atoms with E-state index in [1.54, 1.807) is 4.90 Å². The van der Waals surface area contributed by atoms with Crippen LogP contribution in [-0.2, 0) is 10.2 Å². The molecule has 1 aromatic carbocycles. The molecule has 0 aliphatic carbocycles. The molecular formula is C12H15N5O3S. The maximum Gasteiger partial charge on any atom is 0.277 e. The monoisotopic (exact) mass is 309 g/mol. The van der Waals surface area contributed by atoms with Gasteiger partial charge >= 0.3 is 0 Å². The third-order valence-electron chi connectivity index (χ3n) is 3.56. The van der Waals surface area contributed by atoms with Crippen molar-refractivity contribution < 1.29 is 13.2 Å². The molecule has 0 saturated carbocycles. The lowest BCUT2D eigenvalue weighted by molar-refractivity contribution is 0.0694. The second-order valence-corrected chi connectivity index (χ2v) is 6.40.